The number of carbonyl (C=O) groups excluding carboxylic acids is 2. The van der Waals surface area contributed by atoms with Crippen LogP contribution in [-0.2, 0) is 25.8 Å². The number of hydrogen-bond donors (Lipinski definition) is 3. The van der Waals surface area contributed by atoms with Crippen LogP contribution in [0.15, 0.2) is 53.6 Å². The number of pyridine rings is 1. The molecule has 2 heterocycles. The molecule has 0 radical (unpaired) electrons. The molecule has 0 saturated heterocycles. The number of nitrogens with two attached hydrogens (primary N) is 1. The summed E-state index contributed by atoms with van der Waals surface area (Å²) in [6.07, 6.45) is 1.79. The molecular formula is C23H31N5O4S. The van der Waals surface area contributed by atoms with Crippen molar-refractivity contribution in [3.05, 3.63) is 54.2 Å². The van der Waals surface area contributed by atoms with Gasteiger partial charge in [-0.05, 0) is 50.1 Å². The Labute approximate surface area is 194 Å². The number of fused-ring (bicyclic) bond motifs is 1. The fourth-order valence-corrected chi connectivity index (χ4v) is 5.34. The van der Waals surface area contributed by atoms with Gasteiger partial charge in [-0.3, -0.25) is 14.5 Å². The highest BCUT2D eigenvalue weighted by molar-refractivity contribution is 7.92. The number of nitrogens with one attached hydrogen (secondary N) is 2. The largest absolute Gasteiger partial charge is 0.343 e. The van der Waals surface area contributed by atoms with Crippen molar-refractivity contribution in [3.63, 3.8) is 0 Å². The zero-order valence-corrected chi connectivity index (χ0v) is 20.0. The fraction of sp³-hybridized carbons (Fsp3) is 0.435. The Balaban J connectivity index is 2.00. The van der Waals surface area contributed by atoms with Gasteiger partial charge in [-0.2, -0.15) is 0 Å². The Morgan fingerprint density at radius 1 is 1.12 bits per heavy atom. The molecule has 1 aliphatic rings. The minimum Gasteiger partial charge on any atom is -0.343 e. The van der Waals surface area contributed by atoms with Gasteiger partial charge in [0.05, 0.1) is 17.0 Å². The molecule has 0 aliphatic carbocycles. The lowest BCUT2D eigenvalue weighted by molar-refractivity contribution is -0.129. The number of likely N-dealkylation sites (N-methyl/N-ethyl adjacent to an activating group) is 1. The first-order valence-corrected chi connectivity index (χ1v) is 12.4. The number of anilines is 1. The second-order valence-corrected chi connectivity index (χ2v) is 10.6. The number of benzene rings is 1. The molecule has 1 aromatic heterocycles. The van der Waals surface area contributed by atoms with Crippen molar-refractivity contribution in [1.29, 1.82) is 0 Å². The number of hydrogen-bond acceptors (Lipinski definition) is 7. The molecule has 4 N–H and O–H groups in total. The molecule has 1 aromatic carbocycles. The fourth-order valence-electron chi connectivity index (χ4n) is 3.86. The molecule has 2 aromatic rings. The molecule has 0 fully saturated rings. The minimum absolute atomic E-state index is 0.0883. The lowest BCUT2D eigenvalue weighted by atomic mass is 10.0. The van der Waals surface area contributed by atoms with E-state index in [9.17, 15) is 18.0 Å². The molecular weight excluding hydrogens is 442 g/mol. The monoisotopic (exact) mass is 473 g/mol. The van der Waals surface area contributed by atoms with Gasteiger partial charge in [0.1, 0.15) is 17.2 Å². The van der Waals surface area contributed by atoms with Gasteiger partial charge in [-0.1, -0.05) is 38.1 Å². The molecule has 0 spiro atoms. The topological polar surface area (TPSA) is 134 Å². The maximum absolute atomic E-state index is 13.8. The van der Waals surface area contributed by atoms with Crippen LogP contribution in [0.25, 0.3) is 0 Å². The van der Waals surface area contributed by atoms with Crippen LogP contribution in [0.5, 0.6) is 0 Å². The Morgan fingerprint density at radius 3 is 2.39 bits per heavy atom. The number of aromatic nitrogens is 1. The van der Waals surface area contributed by atoms with E-state index >= 15 is 0 Å². The molecule has 33 heavy (non-hydrogen) atoms. The second kappa shape index (κ2) is 9.98. The highest BCUT2D eigenvalue weighted by atomic mass is 32.2. The predicted octanol–water partition coefficient (Wildman–Crippen LogP) is 0.847. The third-order valence-electron chi connectivity index (χ3n) is 5.96. The number of nitrogens with zero attached hydrogens (tertiary/aromatic N) is 2. The lowest BCUT2D eigenvalue weighted by Crippen LogP contribution is -2.59. The number of rotatable bonds is 8. The first kappa shape index (κ1) is 24.8. The Hall–Kier alpha value is -2.82. The van der Waals surface area contributed by atoms with Crippen molar-refractivity contribution in [3.8, 4) is 0 Å². The maximum Gasteiger partial charge on any atom is 0.251 e. The Kier molecular flexibility index (Phi) is 7.51. The van der Waals surface area contributed by atoms with Crippen LogP contribution in [0.4, 0.5) is 5.82 Å². The van der Waals surface area contributed by atoms with Crippen LogP contribution in [0.1, 0.15) is 26.3 Å². The van der Waals surface area contributed by atoms with Crippen molar-refractivity contribution in [1.82, 2.24) is 15.6 Å². The number of carbonyl (C=O) groups is 2. The molecule has 178 valence electrons. The molecule has 1 aliphatic heterocycles. The van der Waals surface area contributed by atoms with Gasteiger partial charge in [-0.15, -0.1) is 0 Å². The highest BCUT2D eigenvalue weighted by Gasteiger charge is 2.46. The van der Waals surface area contributed by atoms with Gasteiger partial charge in [-0.25, -0.2) is 13.4 Å². The Morgan fingerprint density at radius 2 is 1.79 bits per heavy atom. The summed E-state index contributed by atoms with van der Waals surface area (Å²) in [5, 5.41) is 4.27. The third-order valence-corrected chi connectivity index (χ3v) is 7.92. The quantitative estimate of drug-likeness (QED) is 0.517. The first-order chi connectivity index (χ1) is 15.6. The molecule has 1 unspecified atom stereocenters. The van der Waals surface area contributed by atoms with Gasteiger partial charge in [0.2, 0.25) is 5.91 Å². The summed E-state index contributed by atoms with van der Waals surface area (Å²) >= 11 is 0. The molecule has 0 bridgehead atoms. The summed E-state index contributed by atoms with van der Waals surface area (Å²) in [7, 11) is -2.28. The van der Waals surface area contributed by atoms with Gasteiger partial charge < -0.3 is 16.4 Å². The maximum atomic E-state index is 13.8. The number of sulfone groups is 1. The van der Waals surface area contributed by atoms with Crippen LogP contribution in [0, 0.1) is 5.92 Å². The SMILES string of the molecule is CN[C@@H](C)C(=O)N[C@H](C(=O)N1c2ncccc2C[C@H]1C(N)S(=O)(=O)c1ccccc1)C(C)C. The van der Waals surface area contributed by atoms with E-state index in [2.05, 4.69) is 15.6 Å². The summed E-state index contributed by atoms with van der Waals surface area (Å²) in [5.74, 6) is -0.654. The first-order valence-electron chi connectivity index (χ1n) is 10.9. The van der Waals surface area contributed by atoms with Crippen LogP contribution in [0.2, 0.25) is 0 Å². The molecule has 10 heteroatoms. The van der Waals surface area contributed by atoms with Gasteiger partial charge in [0.25, 0.3) is 5.91 Å². The molecule has 9 nitrogen and oxygen atoms in total. The van der Waals surface area contributed by atoms with E-state index in [1.165, 1.54) is 17.0 Å². The van der Waals surface area contributed by atoms with E-state index in [1.807, 2.05) is 13.8 Å². The summed E-state index contributed by atoms with van der Waals surface area (Å²) < 4.78 is 26.6. The van der Waals surface area contributed by atoms with Crippen molar-refractivity contribution in [2.75, 3.05) is 11.9 Å². The van der Waals surface area contributed by atoms with Crippen LogP contribution in [-0.4, -0.2) is 55.8 Å². The van der Waals surface area contributed by atoms with E-state index in [1.54, 1.807) is 50.5 Å². The standard InChI is InChI=1S/C23H31N5O4S/c1-14(2)19(27-22(29)15(3)25-4)23(30)28-18(13-16-9-8-12-26-21(16)28)20(24)33(31,32)17-10-6-5-7-11-17/h5-12,14-15,18-20,25H,13,24H2,1-4H3,(H,27,29)/t15-,18-,19-,20?/m0/s1. The van der Waals surface area contributed by atoms with Gasteiger partial charge in [0.15, 0.2) is 9.84 Å². The van der Waals surface area contributed by atoms with E-state index in [0.717, 1.165) is 5.56 Å². The summed E-state index contributed by atoms with van der Waals surface area (Å²) in [4.78, 5) is 32.1. The highest BCUT2D eigenvalue weighted by Crippen LogP contribution is 2.34. The summed E-state index contributed by atoms with van der Waals surface area (Å²) in [6.45, 7) is 5.32. The van der Waals surface area contributed by atoms with E-state index in [-0.39, 0.29) is 23.1 Å². The van der Waals surface area contributed by atoms with Crippen molar-refractivity contribution >= 4 is 27.5 Å². The average Bonchev–Trinajstić information content (AvgIpc) is 3.20. The van der Waals surface area contributed by atoms with Crippen LogP contribution >= 0.6 is 0 Å². The van der Waals surface area contributed by atoms with Crippen molar-refractivity contribution < 1.29 is 18.0 Å². The average molecular weight is 474 g/mol. The predicted molar refractivity (Wildman–Crippen MR) is 126 cm³/mol. The molecule has 2 amide bonds. The zero-order valence-electron chi connectivity index (χ0n) is 19.2. The third kappa shape index (κ3) is 4.92. The summed E-state index contributed by atoms with van der Waals surface area (Å²) in [6, 6.07) is 9.23. The van der Waals surface area contributed by atoms with Crippen molar-refractivity contribution in [2.24, 2.45) is 11.7 Å². The molecule has 3 rings (SSSR count). The minimum atomic E-state index is -3.93. The molecule has 0 saturated carbocycles. The van der Waals surface area contributed by atoms with Gasteiger partial charge in [0, 0.05) is 6.20 Å². The van der Waals surface area contributed by atoms with Crippen molar-refractivity contribution in [2.45, 2.75) is 55.6 Å². The van der Waals surface area contributed by atoms with E-state index < -0.39 is 39.2 Å². The zero-order chi connectivity index (χ0) is 24.3. The van der Waals surface area contributed by atoms with Crippen LogP contribution < -0.4 is 21.3 Å². The van der Waals surface area contributed by atoms with Crippen LogP contribution in [0.3, 0.4) is 0 Å². The smallest absolute Gasteiger partial charge is 0.251 e. The lowest BCUT2D eigenvalue weighted by Gasteiger charge is -2.33. The normalized spacial score (nSPS) is 18.5. The summed E-state index contributed by atoms with van der Waals surface area (Å²) in [5.41, 5.74) is 7.07. The van der Waals surface area contributed by atoms with E-state index in [0.29, 0.717) is 5.82 Å². The molecule has 4 atom stereocenters. The van der Waals surface area contributed by atoms with E-state index in [4.69, 9.17) is 5.73 Å². The number of amides is 2. The van der Waals surface area contributed by atoms with Gasteiger partial charge >= 0.3 is 0 Å². The Bertz CT molecular complexity index is 1110. The second-order valence-electron chi connectivity index (χ2n) is 8.53.